The van der Waals surface area contributed by atoms with Crippen LogP contribution in [0.2, 0.25) is 0 Å². The Labute approximate surface area is 238 Å². The molecule has 1 aliphatic heterocycles. The molecule has 1 aliphatic rings. The monoisotopic (exact) mass is 565 g/mol. The zero-order chi connectivity index (χ0) is 28.6. The van der Waals surface area contributed by atoms with Crippen molar-refractivity contribution in [3.8, 4) is 11.5 Å². The van der Waals surface area contributed by atoms with Crippen LogP contribution in [0.25, 0.3) is 0 Å². The molecule has 0 saturated carbocycles. The van der Waals surface area contributed by atoms with Gasteiger partial charge in [0.1, 0.15) is 6.04 Å². The van der Waals surface area contributed by atoms with Crippen molar-refractivity contribution in [3.63, 3.8) is 0 Å². The van der Waals surface area contributed by atoms with Crippen LogP contribution in [0.4, 0.5) is 5.69 Å². The van der Waals surface area contributed by atoms with Crippen LogP contribution in [-0.4, -0.2) is 57.7 Å². The molecule has 1 saturated heterocycles. The molecule has 2 N–H and O–H groups in total. The molecule has 3 amide bonds. The van der Waals surface area contributed by atoms with Crippen molar-refractivity contribution in [2.75, 3.05) is 38.8 Å². The van der Waals surface area contributed by atoms with Crippen molar-refractivity contribution in [1.82, 2.24) is 10.6 Å². The van der Waals surface area contributed by atoms with Gasteiger partial charge in [0.15, 0.2) is 11.5 Å². The van der Waals surface area contributed by atoms with Crippen molar-refractivity contribution in [2.45, 2.75) is 38.8 Å². The van der Waals surface area contributed by atoms with Crippen molar-refractivity contribution in [1.29, 1.82) is 0 Å². The van der Waals surface area contributed by atoms with Crippen LogP contribution < -0.4 is 25.0 Å². The van der Waals surface area contributed by atoms with Gasteiger partial charge in [0, 0.05) is 18.8 Å². The largest absolute Gasteiger partial charge is 0.493 e. The summed E-state index contributed by atoms with van der Waals surface area (Å²) in [5.74, 6) is -0.240. The molecule has 1 fully saturated rings. The summed E-state index contributed by atoms with van der Waals surface area (Å²) in [7, 11) is 3.05. The van der Waals surface area contributed by atoms with Gasteiger partial charge in [0.2, 0.25) is 11.8 Å². The number of amides is 3. The van der Waals surface area contributed by atoms with Crippen molar-refractivity contribution in [2.24, 2.45) is 0 Å². The molecule has 212 valence electrons. The first kappa shape index (κ1) is 29.1. The topological polar surface area (TPSA) is 106 Å². The van der Waals surface area contributed by atoms with E-state index in [2.05, 4.69) is 10.6 Å². The molecular formula is C30H35N3O6S. The lowest BCUT2D eigenvalue weighted by atomic mass is 10.00. The van der Waals surface area contributed by atoms with Gasteiger partial charge in [-0.25, -0.2) is 0 Å². The molecule has 1 aromatic heterocycles. The van der Waals surface area contributed by atoms with Crippen LogP contribution in [0.1, 0.15) is 45.2 Å². The lowest BCUT2D eigenvalue weighted by molar-refractivity contribution is -0.126. The van der Waals surface area contributed by atoms with Crippen LogP contribution in [0.5, 0.6) is 11.5 Å². The van der Waals surface area contributed by atoms with Gasteiger partial charge in [-0.2, -0.15) is 0 Å². The number of hydrogen-bond acceptors (Lipinski definition) is 7. The van der Waals surface area contributed by atoms with Crippen LogP contribution in [0, 0.1) is 13.8 Å². The summed E-state index contributed by atoms with van der Waals surface area (Å²) in [6, 6.07) is 13.3. The lowest BCUT2D eigenvalue weighted by Crippen LogP contribution is -2.48. The number of thiophene rings is 1. The molecule has 2 heterocycles. The molecule has 10 heteroatoms. The second kappa shape index (κ2) is 13.5. The summed E-state index contributed by atoms with van der Waals surface area (Å²) >= 11 is 1.29. The summed E-state index contributed by atoms with van der Waals surface area (Å²) in [6.45, 7) is 4.50. The maximum absolute atomic E-state index is 14.0. The van der Waals surface area contributed by atoms with E-state index >= 15 is 0 Å². The highest BCUT2D eigenvalue weighted by Crippen LogP contribution is 2.36. The molecule has 0 bridgehead atoms. The fourth-order valence-electron chi connectivity index (χ4n) is 4.69. The summed E-state index contributed by atoms with van der Waals surface area (Å²) in [6.07, 6.45) is 1.72. The molecule has 0 unspecified atom stereocenters. The van der Waals surface area contributed by atoms with E-state index in [9.17, 15) is 14.4 Å². The predicted octanol–water partition coefficient (Wildman–Crippen LogP) is 4.18. The quantitative estimate of drug-likeness (QED) is 0.361. The van der Waals surface area contributed by atoms with Crippen LogP contribution in [0.3, 0.4) is 0 Å². The van der Waals surface area contributed by atoms with E-state index in [0.717, 1.165) is 24.0 Å². The van der Waals surface area contributed by atoms with Gasteiger partial charge in [0.05, 0.1) is 31.7 Å². The van der Waals surface area contributed by atoms with E-state index in [-0.39, 0.29) is 24.5 Å². The maximum atomic E-state index is 14.0. The average molecular weight is 566 g/mol. The SMILES string of the molecule is COc1ccc([C@H](C(=O)NC[C@@H]2CCCO2)N(C(=O)CNC(=O)c2cccs2)c2cc(C)ccc2C)cc1OC. The third kappa shape index (κ3) is 6.81. The Morgan fingerprint density at radius 1 is 1.05 bits per heavy atom. The molecule has 0 spiro atoms. The number of carbonyl (C=O) groups excluding carboxylic acids is 3. The van der Waals surface area contributed by atoms with Gasteiger partial charge < -0.3 is 24.8 Å². The number of aryl methyl sites for hydroxylation is 2. The van der Waals surface area contributed by atoms with Crippen LogP contribution >= 0.6 is 11.3 Å². The molecule has 0 aliphatic carbocycles. The minimum Gasteiger partial charge on any atom is -0.493 e. The number of carbonyl (C=O) groups is 3. The number of anilines is 1. The number of hydrogen-bond donors (Lipinski definition) is 2. The van der Waals surface area contributed by atoms with Gasteiger partial charge in [-0.05, 0) is 73.0 Å². The van der Waals surface area contributed by atoms with Crippen molar-refractivity contribution in [3.05, 3.63) is 75.5 Å². The number of benzene rings is 2. The molecule has 2 atom stereocenters. The second-order valence-electron chi connectivity index (χ2n) is 9.61. The Bertz CT molecular complexity index is 1340. The molecule has 4 rings (SSSR count). The van der Waals surface area contributed by atoms with E-state index in [1.54, 1.807) is 35.7 Å². The summed E-state index contributed by atoms with van der Waals surface area (Å²) in [4.78, 5) is 42.6. The van der Waals surface area contributed by atoms with Gasteiger partial charge in [-0.1, -0.05) is 24.3 Å². The minimum atomic E-state index is -1.06. The number of rotatable bonds is 11. The maximum Gasteiger partial charge on any atom is 0.261 e. The predicted molar refractivity (Wildman–Crippen MR) is 154 cm³/mol. The number of ether oxygens (including phenoxy) is 3. The van der Waals surface area contributed by atoms with Crippen LogP contribution in [-0.2, 0) is 14.3 Å². The Morgan fingerprint density at radius 2 is 1.85 bits per heavy atom. The minimum absolute atomic E-state index is 0.0788. The summed E-state index contributed by atoms with van der Waals surface area (Å²) < 4.78 is 16.6. The van der Waals surface area contributed by atoms with E-state index in [1.165, 1.54) is 30.5 Å². The zero-order valence-electron chi connectivity index (χ0n) is 23.2. The highest BCUT2D eigenvalue weighted by molar-refractivity contribution is 7.12. The summed E-state index contributed by atoms with van der Waals surface area (Å²) in [5, 5.41) is 7.51. The standard InChI is InChI=1S/C30H35N3O6S/c1-19-9-10-20(2)23(15-19)33(27(34)18-32-29(35)26-8-6-14-40-26)28(30(36)31-17-22-7-5-13-39-22)21-11-12-24(37-3)25(16-21)38-4/h6,8-12,14-16,22,28H,5,7,13,17-18H2,1-4H3,(H,31,36)(H,32,35)/t22-,28+/m0/s1. The normalized spacial score (nSPS) is 15.2. The fourth-order valence-corrected chi connectivity index (χ4v) is 5.33. The summed E-state index contributed by atoms with van der Waals surface area (Å²) in [5.41, 5.74) is 2.83. The molecule has 2 aromatic carbocycles. The third-order valence-corrected chi connectivity index (χ3v) is 7.66. The number of nitrogens with zero attached hydrogens (tertiary/aromatic N) is 1. The van der Waals surface area contributed by atoms with Crippen LogP contribution in [0.15, 0.2) is 53.9 Å². The Morgan fingerprint density at radius 3 is 2.52 bits per heavy atom. The van der Waals surface area contributed by atoms with Gasteiger partial charge in [0.25, 0.3) is 5.91 Å². The number of nitrogens with one attached hydrogen (secondary N) is 2. The molecule has 40 heavy (non-hydrogen) atoms. The van der Waals surface area contributed by atoms with Gasteiger partial charge in [-0.3, -0.25) is 19.3 Å². The number of methoxy groups -OCH3 is 2. The Hall–Kier alpha value is -3.89. The van der Waals surface area contributed by atoms with E-state index in [1.807, 2.05) is 32.0 Å². The van der Waals surface area contributed by atoms with Gasteiger partial charge in [-0.15, -0.1) is 11.3 Å². The highest BCUT2D eigenvalue weighted by Gasteiger charge is 2.35. The molecule has 0 radical (unpaired) electrons. The van der Waals surface area contributed by atoms with Gasteiger partial charge >= 0.3 is 0 Å². The molecule has 9 nitrogen and oxygen atoms in total. The van der Waals surface area contributed by atoms with Crippen molar-refractivity contribution >= 4 is 34.7 Å². The highest BCUT2D eigenvalue weighted by atomic mass is 32.1. The van der Waals surface area contributed by atoms with E-state index in [4.69, 9.17) is 14.2 Å². The van der Waals surface area contributed by atoms with Crippen molar-refractivity contribution < 1.29 is 28.6 Å². The van der Waals surface area contributed by atoms with E-state index < -0.39 is 11.9 Å². The molecule has 3 aromatic rings. The first-order valence-electron chi connectivity index (χ1n) is 13.1. The van der Waals surface area contributed by atoms with E-state index in [0.29, 0.717) is 40.8 Å². The first-order chi connectivity index (χ1) is 19.3. The second-order valence-corrected chi connectivity index (χ2v) is 10.6. The fraction of sp³-hybridized carbons (Fsp3) is 0.367. The lowest BCUT2D eigenvalue weighted by Gasteiger charge is -2.33. The smallest absolute Gasteiger partial charge is 0.261 e. The Balaban J connectivity index is 1.75. The average Bonchev–Trinajstić information content (AvgIpc) is 3.69. The first-order valence-corrected chi connectivity index (χ1v) is 14.0. The Kier molecular flexibility index (Phi) is 9.79. The molecular weight excluding hydrogens is 530 g/mol. The third-order valence-electron chi connectivity index (χ3n) is 6.80. The zero-order valence-corrected chi connectivity index (χ0v) is 24.0.